The lowest BCUT2D eigenvalue weighted by atomic mass is 9.46. The molecule has 28 heavy (non-hydrogen) atoms. The molecule has 4 aliphatic carbocycles. The summed E-state index contributed by atoms with van der Waals surface area (Å²) in [5, 5.41) is 0. The SMILES string of the molecule is CC(C)CCCC(C)C1CCC2C3CC=C4CC(C)CC[C@]4(C)C3CC[C@]12C. The first kappa shape index (κ1) is 21.0. The Morgan fingerprint density at radius 1 is 0.964 bits per heavy atom. The van der Waals surface area contributed by atoms with Crippen LogP contribution >= 0.6 is 0 Å². The van der Waals surface area contributed by atoms with Crippen LogP contribution < -0.4 is 0 Å². The monoisotopic (exact) mass is 384 g/mol. The summed E-state index contributed by atoms with van der Waals surface area (Å²) >= 11 is 0. The number of rotatable bonds is 5. The van der Waals surface area contributed by atoms with Gasteiger partial charge in [0.1, 0.15) is 0 Å². The zero-order chi connectivity index (χ0) is 20.1. The quantitative estimate of drug-likeness (QED) is 0.416. The second kappa shape index (κ2) is 7.77. The van der Waals surface area contributed by atoms with Crippen LogP contribution in [-0.2, 0) is 0 Å². The highest BCUT2D eigenvalue weighted by Gasteiger charge is 2.58. The van der Waals surface area contributed by atoms with E-state index in [0.29, 0.717) is 10.8 Å². The molecule has 0 bridgehead atoms. The van der Waals surface area contributed by atoms with Crippen LogP contribution in [0.1, 0.15) is 112 Å². The Bertz CT molecular complexity index is 585. The Labute approximate surface area is 176 Å². The van der Waals surface area contributed by atoms with E-state index in [1.807, 2.05) is 5.57 Å². The summed E-state index contributed by atoms with van der Waals surface area (Å²) in [7, 11) is 0. The molecule has 0 nitrogen and oxygen atoms in total. The van der Waals surface area contributed by atoms with Gasteiger partial charge in [0.2, 0.25) is 0 Å². The molecule has 0 aromatic carbocycles. The molecule has 0 heteroatoms. The second-order valence-electron chi connectivity index (χ2n) is 12.6. The minimum Gasteiger partial charge on any atom is -0.0845 e. The van der Waals surface area contributed by atoms with Gasteiger partial charge in [-0.3, -0.25) is 0 Å². The number of fused-ring (bicyclic) bond motifs is 5. The maximum absolute atomic E-state index is 2.75. The molecule has 160 valence electrons. The molecular weight excluding hydrogens is 336 g/mol. The normalized spacial score (nSPS) is 46.5. The van der Waals surface area contributed by atoms with E-state index in [1.54, 1.807) is 0 Å². The van der Waals surface area contributed by atoms with Gasteiger partial charge in [-0.1, -0.05) is 72.5 Å². The molecule has 0 spiro atoms. The lowest BCUT2D eigenvalue weighted by molar-refractivity contribution is -0.0523. The third kappa shape index (κ3) is 3.43. The van der Waals surface area contributed by atoms with Crippen LogP contribution in [0.2, 0.25) is 0 Å². The molecule has 0 aliphatic heterocycles. The first-order valence-electron chi connectivity index (χ1n) is 12.9. The van der Waals surface area contributed by atoms with Gasteiger partial charge in [-0.25, -0.2) is 0 Å². The van der Waals surface area contributed by atoms with Gasteiger partial charge < -0.3 is 0 Å². The Morgan fingerprint density at radius 2 is 1.75 bits per heavy atom. The van der Waals surface area contributed by atoms with Crippen molar-refractivity contribution >= 4 is 0 Å². The van der Waals surface area contributed by atoms with Crippen molar-refractivity contribution in [3.8, 4) is 0 Å². The predicted molar refractivity (Wildman–Crippen MR) is 122 cm³/mol. The number of hydrogen-bond acceptors (Lipinski definition) is 0. The number of allylic oxidation sites excluding steroid dienone is 2. The van der Waals surface area contributed by atoms with Gasteiger partial charge in [-0.2, -0.15) is 0 Å². The van der Waals surface area contributed by atoms with Crippen molar-refractivity contribution in [1.82, 2.24) is 0 Å². The zero-order valence-corrected chi connectivity index (χ0v) is 19.9. The van der Waals surface area contributed by atoms with Crippen LogP contribution in [0.25, 0.3) is 0 Å². The molecule has 4 rings (SSSR count). The summed E-state index contributed by atoms with van der Waals surface area (Å²) < 4.78 is 0. The van der Waals surface area contributed by atoms with Gasteiger partial charge in [-0.15, -0.1) is 0 Å². The van der Waals surface area contributed by atoms with E-state index < -0.39 is 0 Å². The molecule has 3 saturated carbocycles. The molecular formula is C28H48. The Kier molecular flexibility index (Phi) is 5.83. The van der Waals surface area contributed by atoms with Crippen LogP contribution in [0, 0.1) is 52.3 Å². The topological polar surface area (TPSA) is 0 Å². The molecule has 0 saturated heterocycles. The third-order valence-corrected chi connectivity index (χ3v) is 10.6. The zero-order valence-electron chi connectivity index (χ0n) is 19.9. The summed E-state index contributed by atoms with van der Waals surface area (Å²) in [6.45, 7) is 15.3. The fraction of sp³-hybridized carbons (Fsp3) is 0.929. The van der Waals surface area contributed by atoms with E-state index in [-0.39, 0.29) is 0 Å². The predicted octanol–water partition coefficient (Wildman–Crippen LogP) is 8.66. The third-order valence-electron chi connectivity index (χ3n) is 10.6. The molecule has 6 unspecified atom stereocenters. The highest BCUT2D eigenvalue weighted by Crippen LogP contribution is 2.67. The van der Waals surface area contributed by atoms with Crippen molar-refractivity contribution in [1.29, 1.82) is 0 Å². The highest BCUT2D eigenvalue weighted by molar-refractivity contribution is 5.25. The van der Waals surface area contributed by atoms with Crippen molar-refractivity contribution in [2.75, 3.05) is 0 Å². The summed E-state index contributed by atoms with van der Waals surface area (Å²) in [6.07, 6.45) is 19.0. The number of hydrogen-bond donors (Lipinski definition) is 0. The van der Waals surface area contributed by atoms with Gasteiger partial charge >= 0.3 is 0 Å². The molecule has 8 atom stereocenters. The van der Waals surface area contributed by atoms with Gasteiger partial charge in [0.05, 0.1) is 0 Å². The van der Waals surface area contributed by atoms with Gasteiger partial charge in [0.25, 0.3) is 0 Å². The van der Waals surface area contributed by atoms with E-state index in [1.165, 1.54) is 70.6 Å². The Hall–Kier alpha value is -0.260. The fourth-order valence-electron chi connectivity index (χ4n) is 8.87. The van der Waals surface area contributed by atoms with Crippen LogP contribution in [0.3, 0.4) is 0 Å². The van der Waals surface area contributed by atoms with Crippen LogP contribution in [-0.4, -0.2) is 0 Å². The molecule has 3 fully saturated rings. The van der Waals surface area contributed by atoms with Crippen molar-refractivity contribution in [3.05, 3.63) is 11.6 Å². The molecule has 0 aromatic heterocycles. The Morgan fingerprint density at radius 3 is 2.50 bits per heavy atom. The van der Waals surface area contributed by atoms with Crippen LogP contribution in [0.5, 0.6) is 0 Å². The Balaban J connectivity index is 1.49. The molecule has 0 amide bonds. The van der Waals surface area contributed by atoms with Gasteiger partial charge in [-0.05, 0) is 104 Å². The van der Waals surface area contributed by atoms with Crippen molar-refractivity contribution in [2.45, 2.75) is 112 Å². The molecule has 0 radical (unpaired) electrons. The van der Waals surface area contributed by atoms with Gasteiger partial charge in [0.15, 0.2) is 0 Å². The average molecular weight is 385 g/mol. The van der Waals surface area contributed by atoms with Crippen LogP contribution in [0.4, 0.5) is 0 Å². The smallest absolute Gasteiger partial charge is 0.00851 e. The van der Waals surface area contributed by atoms with Crippen molar-refractivity contribution < 1.29 is 0 Å². The van der Waals surface area contributed by atoms with Crippen molar-refractivity contribution in [3.63, 3.8) is 0 Å². The fourth-order valence-corrected chi connectivity index (χ4v) is 8.87. The summed E-state index contributed by atoms with van der Waals surface area (Å²) in [5.74, 6) is 6.73. The van der Waals surface area contributed by atoms with E-state index in [0.717, 1.165) is 41.4 Å². The van der Waals surface area contributed by atoms with E-state index in [4.69, 9.17) is 0 Å². The van der Waals surface area contributed by atoms with Gasteiger partial charge in [0, 0.05) is 0 Å². The van der Waals surface area contributed by atoms with E-state index in [2.05, 4.69) is 47.6 Å². The van der Waals surface area contributed by atoms with Crippen LogP contribution in [0.15, 0.2) is 11.6 Å². The summed E-state index contributed by atoms with van der Waals surface area (Å²) in [4.78, 5) is 0. The maximum Gasteiger partial charge on any atom is -0.00851 e. The molecule has 0 heterocycles. The maximum atomic E-state index is 2.75. The van der Waals surface area contributed by atoms with Crippen molar-refractivity contribution in [2.24, 2.45) is 52.3 Å². The summed E-state index contributed by atoms with van der Waals surface area (Å²) in [6, 6.07) is 0. The summed E-state index contributed by atoms with van der Waals surface area (Å²) in [5.41, 5.74) is 3.06. The van der Waals surface area contributed by atoms with E-state index >= 15 is 0 Å². The lowest BCUT2D eigenvalue weighted by Gasteiger charge is -2.58. The lowest BCUT2D eigenvalue weighted by Crippen LogP contribution is -2.50. The van der Waals surface area contributed by atoms with E-state index in [9.17, 15) is 0 Å². The molecule has 0 aromatic rings. The largest absolute Gasteiger partial charge is 0.0845 e. The average Bonchev–Trinajstić information content (AvgIpc) is 2.99. The molecule has 4 aliphatic rings. The minimum absolute atomic E-state index is 0.553. The standard InChI is InChI=1S/C28H48/c1-19(2)8-7-9-21(4)24-12-13-25-23-11-10-22-18-20(3)14-16-27(22,5)26(23)15-17-28(24,25)6/h10,19-21,23-26H,7-9,11-18H2,1-6H3/t20?,21?,23?,24?,25?,26?,27-,28+/m0/s1. The second-order valence-corrected chi connectivity index (χ2v) is 12.6. The highest BCUT2D eigenvalue weighted by atomic mass is 14.6. The first-order chi connectivity index (χ1) is 13.3. The minimum atomic E-state index is 0.553. The molecule has 0 N–H and O–H groups in total. The first-order valence-corrected chi connectivity index (χ1v) is 12.9.